The number of nitrogen functional groups attached to an aromatic ring is 1. The average molecular weight is 354 g/mol. The van der Waals surface area contributed by atoms with Crippen LogP contribution in [0.2, 0.25) is 0 Å². The smallest absolute Gasteiger partial charge is 0.244 e. The standard InChI is InChI=1S/C10H13BrFN3O3S/c1-15(2)10(16)5-14-19(17,18)9-4-8(13)6(11)3-7(9)12/h3-4,14H,5,13H2,1-2H3. The van der Waals surface area contributed by atoms with E-state index in [0.29, 0.717) is 0 Å². The number of hydrogen-bond acceptors (Lipinski definition) is 4. The Labute approximate surface area is 118 Å². The Bertz CT molecular complexity index is 604. The van der Waals surface area contributed by atoms with Gasteiger partial charge in [0.1, 0.15) is 10.7 Å². The summed E-state index contributed by atoms with van der Waals surface area (Å²) in [6.45, 7) is -0.454. The first-order valence-corrected chi connectivity index (χ1v) is 7.37. The molecule has 1 aromatic rings. The molecular formula is C10H13BrFN3O3S. The molecule has 0 saturated carbocycles. The minimum atomic E-state index is -4.13. The van der Waals surface area contributed by atoms with Gasteiger partial charge in [-0.2, -0.15) is 0 Å². The van der Waals surface area contributed by atoms with Crippen molar-refractivity contribution in [1.29, 1.82) is 0 Å². The van der Waals surface area contributed by atoms with Gasteiger partial charge in [-0.1, -0.05) is 0 Å². The van der Waals surface area contributed by atoms with Crippen LogP contribution in [-0.2, 0) is 14.8 Å². The minimum Gasteiger partial charge on any atom is -0.398 e. The third-order valence-corrected chi connectivity index (χ3v) is 4.36. The summed E-state index contributed by atoms with van der Waals surface area (Å²) in [6.07, 6.45) is 0. The van der Waals surface area contributed by atoms with Crippen LogP contribution in [0.15, 0.2) is 21.5 Å². The van der Waals surface area contributed by atoms with E-state index in [1.165, 1.54) is 19.0 Å². The van der Waals surface area contributed by atoms with Crippen LogP contribution in [0.5, 0.6) is 0 Å². The molecule has 1 amide bonds. The zero-order valence-corrected chi connectivity index (χ0v) is 12.7. The number of nitrogens with zero attached hydrogens (tertiary/aromatic N) is 1. The van der Waals surface area contributed by atoms with Gasteiger partial charge < -0.3 is 10.6 Å². The van der Waals surface area contributed by atoms with E-state index in [1.54, 1.807) is 0 Å². The van der Waals surface area contributed by atoms with Gasteiger partial charge in [0.2, 0.25) is 15.9 Å². The van der Waals surface area contributed by atoms with E-state index in [4.69, 9.17) is 5.73 Å². The number of nitrogens with one attached hydrogen (secondary N) is 1. The molecule has 9 heteroatoms. The Morgan fingerprint density at radius 2 is 2.05 bits per heavy atom. The number of rotatable bonds is 4. The minimum absolute atomic E-state index is 0.0840. The summed E-state index contributed by atoms with van der Waals surface area (Å²) >= 11 is 2.99. The van der Waals surface area contributed by atoms with Crippen molar-refractivity contribution in [1.82, 2.24) is 9.62 Å². The van der Waals surface area contributed by atoms with Crippen LogP contribution in [0, 0.1) is 5.82 Å². The van der Waals surface area contributed by atoms with Crippen molar-refractivity contribution < 1.29 is 17.6 Å². The highest BCUT2D eigenvalue weighted by molar-refractivity contribution is 9.10. The monoisotopic (exact) mass is 353 g/mol. The number of hydrogen-bond donors (Lipinski definition) is 2. The molecule has 0 aromatic heterocycles. The zero-order chi connectivity index (χ0) is 14.8. The summed E-state index contributed by atoms with van der Waals surface area (Å²) in [5.74, 6) is -1.40. The quantitative estimate of drug-likeness (QED) is 0.772. The lowest BCUT2D eigenvalue weighted by Crippen LogP contribution is -2.36. The summed E-state index contributed by atoms with van der Waals surface area (Å²) in [4.78, 5) is 11.9. The Kier molecular flexibility index (Phi) is 4.88. The van der Waals surface area contributed by atoms with Crippen LogP contribution in [0.3, 0.4) is 0 Å². The fourth-order valence-electron chi connectivity index (χ4n) is 1.14. The molecule has 1 rings (SSSR count). The maximum absolute atomic E-state index is 13.6. The highest BCUT2D eigenvalue weighted by atomic mass is 79.9. The van der Waals surface area contributed by atoms with Gasteiger partial charge in [-0.25, -0.2) is 17.5 Å². The van der Waals surface area contributed by atoms with Gasteiger partial charge in [-0.05, 0) is 28.1 Å². The van der Waals surface area contributed by atoms with Gasteiger partial charge in [0.25, 0.3) is 0 Å². The summed E-state index contributed by atoms with van der Waals surface area (Å²) in [5.41, 5.74) is 5.59. The van der Waals surface area contributed by atoms with E-state index < -0.39 is 33.2 Å². The van der Waals surface area contributed by atoms with Crippen molar-refractivity contribution >= 4 is 37.5 Å². The van der Waals surface area contributed by atoms with Gasteiger partial charge in [0, 0.05) is 24.3 Å². The molecule has 0 fully saturated rings. The third kappa shape index (κ3) is 3.88. The Hall–Kier alpha value is -1.19. The molecule has 0 aliphatic rings. The van der Waals surface area contributed by atoms with Crippen molar-refractivity contribution in [3.8, 4) is 0 Å². The molecule has 0 spiro atoms. The summed E-state index contributed by atoms with van der Waals surface area (Å²) < 4.78 is 39.6. The number of benzene rings is 1. The van der Waals surface area contributed by atoms with E-state index in [9.17, 15) is 17.6 Å². The van der Waals surface area contributed by atoms with Gasteiger partial charge in [0.15, 0.2) is 0 Å². The number of likely N-dealkylation sites (N-methyl/N-ethyl adjacent to an activating group) is 1. The fourth-order valence-corrected chi connectivity index (χ4v) is 2.53. The van der Waals surface area contributed by atoms with E-state index in [-0.39, 0.29) is 10.2 Å². The first kappa shape index (κ1) is 15.9. The summed E-state index contributed by atoms with van der Waals surface area (Å²) in [7, 11) is -1.17. The highest BCUT2D eigenvalue weighted by Crippen LogP contribution is 2.25. The Morgan fingerprint density at radius 1 is 1.47 bits per heavy atom. The largest absolute Gasteiger partial charge is 0.398 e. The number of carbonyl (C=O) groups excluding carboxylic acids is 1. The molecule has 6 nitrogen and oxygen atoms in total. The first-order chi connectivity index (χ1) is 8.65. The number of anilines is 1. The average Bonchev–Trinajstić information content (AvgIpc) is 2.30. The molecule has 19 heavy (non-hydrogen) atoms. The van der Waals surface area contributed by atoms with Crippen molar-refractivity contribution in [2.75, 3.05) is 26.4 Å². The molecule has 0 radical (unpaired) electrons. The van der Waals surface area contributed by atoms with E-state index in [0.717, 1.165) is 12.1 Å². The number of sulfonamides is 1. The second kappa shape index (κ2) is 5.85. The number of nitrogens with two attached hydrogens (primary N) is 1. The zero-order valence-electron chi connectivity index (χ0n) is 10.3. The third-order valence-electron chi connectivity index (χ3n) is 2.25. The molecule has 1 aromatic carbocycles. The van der Waals surface area contributed by atoms with Crippen molar-refractivity contribution in [3.63, 3.8) is 0 Å². The number of amides is 1. The lowest BCUT2D eigenvalue weighted by Gasteiger charge is -2.12. The van der Waals surface area contributed by atoms with Crippen LogP contribution in [0.25, 0.3) is 0 Å². The predicted molar refractivity (Wildman–Crippen MR) is 72.4 cm³/mol. The van der Waals surface area contributed by atoms with Gasteiger partial charge in [-0.3, -0.25) is 4.79 Å². The molecular weight excluding hydrogens is 341 g/mol. The summed E-state index contributed by atoms with van der Waals surface area (Å²) in [5, 5.41) is 0. The predicted octanol–water partition coefficient (Wildman–Crippen LogP) is 0.537. The highest BCUT2D eigenvalue weighted by Gasteiger charge is 2.21. The van der Waals surface area contributed by atoms with E-state index in [2.05, 4.69) is 15.9 Å². The lowest BCUT2D eigenvalue weighted by molar-refractivity contribution is -0.127. The summed E-state index contributed by atoms with van der Waals surface area (Å²) in [6, 6.07) is 1.94. The van der Waals surface area contributed by atoms with Crippen LogP contribution >= 0.6 is 15.9 Å². The number of halogens is 2. The molecule has 0 bridgehead atoms. The fraction of sp³-hybridized carbons (Fsp3) is 0.300. The van der Waals surface area contributed by atoms with Crippen molar-refractivity contribution in [2.24, 2.45) is 0 Å². The maximum atomic E-state index is 13.6. The van der Waals surface area contributed by atoms with Crippen LogP contribution in [0.4, 0.5) is 10.1 Å². The van der Waals surface area contributed by atoms with E-state index in [1.807, 2.05) is 4.72 Å². The van der Waals surface area contributed by atoms with Gasteiger partial charge in [-0.15, -0.1) is 0 Å². The second-order valence-corrected chi connectivity index (χ2v) is 6.51. The molecule has 0 unspecified atom stereocenters. The maximum Gasteiger partial charge on any atom is 0.244 e. The molecule has 0 atom stereocenters. The molecule has 0 aliphatic carbocycles. The Balaban J connectivity index is 3.01. The molecule has 0 saturated heterocycles. The van der Waals surface area contributed by atoms with Crippen molar-refractivity contribution in [2.45, 2.75) is 4.90 Å². The topological polar surface area (TPSA) is 92.5 Å². The van der Waals surface area contributed by atoms with Crippen LogP contribution in [0.1, 0.15) is 0 Å². The van der Waals surface area contributed by atoms with Crippen LogP contribution in [-0.4, -0.2) is 39.9 Å². The van der Waals surface area contributed by atoms with Crippen LogP contribution < -0.4 is 10.5 Å². The SMILES string of the molecule is CN(C)C(=O)CNS(=O)(=O)c1cc(N)c(Br)cc1F. The van der Waals surface area contributed by atoms with Gasteiger partial charge >= 0.3 is 0 Å². The number of carbonyl (C=O) groups is 1. The van der Waals surface area contributed by atoms with Gasteiger partial charge in [0.05, 0.1) is 6.54 Å². The lowest BCUT2D eigenvalue weighted by atomic mass is 10.3. The Morgan fingerprint density at radius 3 is 2.58 bits per heavy atom. The molecule has 106 valence electrons. The van der Waals surface area contributed by atoms with Crippen molar-refractivity contribution in [3.05, 3.63) is 22.4 Å². The first-order valence-electron chi connectivity index (χ1n) is 5.09. The molecule has 0 heterocycles. The molecule has 3 N–H and O–H groups in total. The van der Waals surface area contributed by atoms with E-state index >= 15 is 0 Å². The normalized spacial score (nSPS) is 11.4. The molecule has 0 aliphatic heterocycles. The second-order valence-electron chi connectivity index (χ2n) is 3.92.